The molecule has 0 bridgehead atoms. The van der Waals surface area contributed by atoms with E-state index in [4.69, 9.17) is 9.47 Å². The summed E-state index contributed by atoms with van der Waals surface area (Å²) in [5.41, 5.74) is 5.45. The fourth-order valence-corrected chi connectivity index (χ4v) is 5.16. The minimum Gasteiger partial charge on any atom is -0.454 e. The van der Waals surface area contributed by atoms with Crippen molar-refractivity contribution in [1.29, 1.82) is 0 Å². The molecule has 0 N–H and O–H groups in total. The molecule has 0 fully saturated rings. The van der Waals surface area contributed by atoms with Crippen LogP contribution in [0.25, 0.3) is 16.3 Å². The molecule has 0 unspecified atom stereocenters. The first-order chi connectivity index (χ1) is 14.5. The summed E-state index contributed by atoms with van der Waals surface area (Å²) in [4.78, 5) is 15.6. The molecule has 1 aliphatic carbocycles. The maximum absolute atomic E-state index is 13.5. The summed E-state index contributed by atoms with van der Waals surface area (Å²) in [5, 5.41) is 2.45. The first-order valence-electron chi connectivity index (χ1n) is 10.4. The van der Waals surface area contributed by atoms with Crippen LogP contribution in [0.15, 0.2) is 60.3 Å². The molecule has 3 aliphatic rings. The second kappa shape index (κ2) is 6.11. The van der Waals surface area contributed by atoms with Gasteiger partial charge in [0.1, 0.15) is 0 Å². The van der Waals surface area contributed by atoms with Gasteiger partial charge in [-0.1, -0.05) is 50.2 Å². The Labute approximate surface area is 175 Å². The predicted octanol–water partition coefficient (Wildman–Crippen LogP) is 5.69. The molecule has 3 aromatic rings. The van der Waals surface area contributed by atoms with Crippen molar-refractivity contribution in [1.82, 2.24) is 0 Å². The fraction of sp³-hybridized carbons (Fsp3) is 0.269. The van der Waals surface area contributed by atoms with Gasteiger partial charge >= 0.3 is 0 Å². The Morgan fingerprint density at radius 1 is 0.933 bits per heavy atom. The third-order valence-electron chi connectivity index (χ3n) is 6.43. The lowest BCUT2D eigenvalue weighted by Gasteiger charge is -2.41. The molecule has 4 heteroatoms. The highest BCUT2D eigenvalue weighted by Gasteiger charge is 2.40. The number of carbonyl (C=O) groups excluding carboxylic acids is 1. The Hall–Kier alpha value is -3.27. The quantitative estimate of drug-likeness (QED) is 0.529. The van der Waals surface area contributed by atoms with E-state index in [-0.39, 0.29) is 18.0 Å². The van der Waals surface area contributed by atoms with Crippen molar-refractivity contribution < 1.29 is 14.3 Å². The molecule has 0 spiro atoms. The molecule has 2 heterocycles. The van der Waals surface area contributed by atoms with E-state index < -0.39 is 0 Å². The zero-order chi connectivity index (χ0) is 20.5. The van der Waals surface area contributed by atoms with E-state index in [1.54, 1.807) is 0 Å². The summed E-state index contributed by atoms with van der Waals surface area (Å²) < 4.78 is 11.1. The van der Waals surface area contributed by atoms with Crippen molar-refractivity contribution in [3.63, 3.8) is 0 Å². The van der Waals surface area contributed by atoms with Crippen LogP contribution in [0.2, 0.25) is 0 Å². The van der Waals surface area contributed by atoms with Gasteiger partial charge in [0.25, 0.3) is 0 Å². The number of benzene rings is 3. The minimum atomic E-state index is -0.0535. The van der Waals surface area contributed by atoms with Crippen LogP contribution < -0.4 is 14.4 Å². The number of allylic oxidation sites excluding steroid dienone is 2. The second-order valence-electron chi connectivity index (χ2n) is 9.21. The number of carbonyl (C=O) groups is 1. The molecule has 0 radical (unpaired) electrons. The van der Waals surface area contributed by atoms with E-state index in [1.807, 2.05) is 18.2 Å². The van der Waals surface area contributed by atoms with Crippen LogP contribution in [0.3, 0.4) is 0 Å². The Morgan fingerprint density at radius 3 is 2.67 bits per heavy atom. The van der Waals surface area contributed by atoms with Crippen molar-refractivity contribution >= 4 is 27.8 Å². The van der Waals surface area contributed by atoms with Gasteiger partial charge < -0.3 is 14.4 Å². The van der Waals surface area contributed by atoms with Crippen LogP contribution >= 0.6 is 0 Å². The molecule has 4 nitrogen and oxygen atoms in total. The highest BCUT2D eigenvalue weighted by molar-refractivity contribution is 6.11. The van der Waals surface area contributed by atoms with E-state index in [0.29, 0.717) is 13.0 Å². The van der Waals surface area contributed by atoms with Gasteiger partial charge in [-0.3, -0.25) is 4.79 Å². The topological polar surface area (TPSA) is 38.8 Å². The van der Waals surface area contributed by atoms with Gasteiger partial charge in [-0.2, -0.15) is 0 Å². The normalized spacial score (nSPS) is 19.1. The first kappa shape index (κ1) is 17.6. The van der Waals surface area contributed by atoms with Gasteiger partial charge in [0.15, 0.2) is 17.3 Å². The zero-order valence-electron chi connectivity index (χ0n) is 17.2. The summed E-state index contributed by atoms with van der Waals surface area (Å²) in [6.07, 6.45) is 1.45. The number of nitrogens with zero attached hydrogens (tertiary/aromatic N) is 1. The molecule has 0 atom stereocenters. The zero-order valence-corrected chi connectivity index (χ0v) is 17.2. The number of ketones is 1. The largest absolute Gasteiger partial charge is 0.454 e. The monoisotopic (exact) mass is 397 g/mol. The molecule has 3 aromatic carbocycles. The number of Topliss-reactive ketones (excluding diaryl/α,β-unsaturated/α-hetero) is 1. The smallest absolute Gasteiger partial charge is 0.231 e. The van der Waals surface area contributed by atoms with Crippen molar-refractivity contribution in [3.8, 4) is 11.5 Å². The second-order valence-corrected chi connectivity index (χ2v) is 9.21. The van der Waals surface area contributed by atoms with Gasteiger partial charge in [-0.15, -0.1) is 0 Å². The average molecular weight is 397 g/mol. The van der Waals surface area contributed by atoms with E-state index in [1.165, 1.54) is 27.5 Å². The lowest BCUT2D eigenvalue weighted by atomic mass is 9.71. The number of anilines is 1. The first-order valence-corrected chi connectivity index (χ1v) is 10.4. The van der Waals surface area contributed by atoms with E-state index in [2.05, 4.69) is 55.1 Å². The van der Waals surface area contributed by atoms with E-state index in [0.717, 1.165) is 29.3 Å². The predicted molar refractivity (Wildman–Crippen MR) is 118 cm³/mol. The lowest BCUT2D eigenvalue weighted by Crippen LogP contribution is -2.38. The highest BCUT2D eigenvalue weighted by atomic mass is 16.7. The van der Waals surface area contributed by atoms with Gasteiger partial charge in [0.05, 0.1) is 5.70 Å². The summed E-state index contributed by atoms with van der Waals surface area (Å²) in [6.45, 7) is 5.30. The van der Waals surface area contributed by atoms with Crippen molar-refractivity contribution in [2.75, 3.05) is 11.7 Å². The summed E-state index contributed by atoms with van der Waals surface area (Å²) in [5.74, 6) is 1.72. The minimum absolute atomic E-state index is 0.0535. The van der Waals surface area contributed by atoms with E-state index >= 15 is 0 Å². The fourth-order valence-electron chi connectivity index (χ4n) is 5.16. The highest BCUT2D eigenvalue weighted by Crippen LogP contribution is 2.49. The molecule has 150 valence electrons. The van der Waals surface area contributed by atoms with Crippen LogP contribution in [-0.4, -0.2) is 12.6 Å². The average Bonchev–Trinajstić information content (AvgIpc) is 3.19. The molecule has 2 aliphatic heterocycles. The molecule has 0 aromatic heterocycles. The SMILES string of the molecule is CC1(C)CC(=O)C2=C(C1)c1c(ccc3ccccc13)CN2c1ccc2c(c1)OCO2. The summed E-state index contributed by atoms with van der Waals surface area (Å²) in [7, 11) is 0. The van der Waals surface area contributed by atoms with Crippen LogP contribution in [0.5, 0.6) is 11.5 Å². The standard InChI is InChI=1S/C26H23NO3/c1-26(2)12-20-24-17(8-7-16-5-3-4-6-19(16)24)14-27(25(20)21(28)13-26)18-9-10-22-23(11-18)30-15-29-22/h3-11H,12-15H2,1-2H3. The van der Waals surface area contributed by atoms with Crippen LogP contribution in [0, 0.1) is 5.41 Å². The number of rotatable bonds is 1. The Balaban J connectivity index is 1.60. The molecule has 30 heavy (non-hydrogen) atoms. The van der Waals surface area contributed by atoms with Crippen LogP contribution in [0.4, 0.5) is 5.69 Å². The summed E-state index contributed by atoms with van der Waals surface area (Å²) >= 11 is 0. The molecule has 0 saturated heterocycles. The van der Waals surface area contributed by atoms with Gasteiger partial charge in [0, 0.05) is 24.7 Å². The number of hydrogen-bond donors (Lipinski definition) is 0. The van der Waals surface area contributed by atoms with E-state index in [9.17, 15) is 4.79 Å². The number of hydrogen-bond acceptors (Lipinski definition) is 4. The maximum atomic E-state index is 13.5. The Bertz CT molecular complexity index is 1250. The van der Waals surface area contributed by atoms with Gasteiger partial charge in [-0.05, 0) is 51.4 Å². The maximum Gasteiger partial charge on any atom is 0.231 e. The third kappa shape index (κ3) is 2.56. The molecule has 0 amide bonds. The number of fused-ring (bicyclic) bond motifs is 5. The Kier molecular flexibility index (Phi) is 3.58. The van der Waals surface area contributed by atoms with Crippen molar-refractivity contribution in [2.45, 2.75) is 33.2 Å². The molecule has 6 rings (SSSR count). The lowest BCUT2D eigenvalue weighted by molar-refractivity contribution is -0.117. The van der Waals surface area contributed by atoms with Crippen molar-refractivity contribution in [3.05, 3.63) is 71.4 Å². The number of ether oxygens (including phenoxy) is 2. The van der Waals surface area contributed by atoms with Crippen LogP contribution in [-0.2, 0) is 11.3 Å². The van der Waals surface area contributed by atoms with Crippen molar-refractivity contribution in [2.24, 2.45) is 5.41 Å². The van der Waals surface area contributed by atoms with Crippen LogP contribution in [0.1, 0.15) is 37.8 Å². The summed E-state index contributed by atoms with van der Waals surface area (Å²) in [6, 6.07) is 18.8. The molecular formula is C26H23NO3. The molecule has 0 saturated carbocycles. The Morgan fingerprint density at radius 2 is 1.77 bits per heavy atom. The molecular weight excluding hydrogens is 374 g/mol. The third-order valence-corrected chi connectivity index (χ3v) is 6.43. The van der Waals surface area contributed by atoms with Gasteiger partial charge in [0.2, 0.25) is 6.79 Å². The van der Waals surface area contributed by atoms with Gasteiger partial charge in [-0.25, -0.2) is 0 Å².